The summed E-state index contributed by atoms with van der Waals surface area (Å²) in [5.74, 6) is -0.342. The highest BCUT2D eigenvalue weighted by Gasteiger charge is 2.23. The molecule has 2 rings (SSSR count). The number of esters is 2. The van der Waals surface area contributed by atoms with Crippen LogP contribution >= 0.6 is 0 Å². The topological polar surface area (TPSA) is 112 Å². The maximum atomic E-state index is 11.4. The van der Waals surface area contributed by atoms with Crippen molar-refractivity contribution in [3.63, 3.8) is 0 Å². The SMILES string of the molecule is C=C(C)C(=O)OCC(O)Oc1ccc(C(C)(C)c2ccc(OC(O)COC(=O)C(=C)C)cc2)cc1. The highest BCUT2D eigenvalue weighted by Crippen LogP contribution is 2.33. The van der Waals surface area contributed by atoms with Crippen LogP contribution in [0.3, 0.4) is 0 Å². The number of aliphatic hydroxyl groups excluding tert-OH is 2. The van der Waals surface area contributed by atoms with E-state index in [9.17, 15) is 19.8 Å². The molecule has 8 nitrogen and oxygen atoms in total. The molecule has 2 aromatic carbocycles. The Hall–Kier alpha value is -3.62. The highest BCUT2D eigenvalue weighted by molar-refractivity contribution is 5.87. The smallest absolute Gasteiger partial charge is 0.333 e. The van der Waals surface area contributed by atoms with Gasteiger partial charge in [0, 0.05) is 16.6 Å². The lowest BCUT2D eigenvalue weighted by molar-refractivity contribution is -0.149. The third-order valence-electron chi connectivity index (χ3n) is 5.11. The van der Waals surface area contributed by atoms with Gasteiger partial charge in [-0.2, -0.15) is 0 Å². The molecule has 8 heteroatoms. The first-order valence-electron chi connectivity index (χ1n) is 11.0. The van der Waals surface area contributed by atoms with Crippen molar-refractivity contribution < 1.29 is 38.7 Å². The van der Waals surface area contributed by atoms with E-state index in [-0.39, 0.29) is 29.8 Å². The van der Waals surface area contributed by atoms with Gasteiger partial charge in [-0.3, -0.25) is 0 Å². The second-order valence-electron chi connectivity index (χ2n) is 8.58. The van der Waals surface area contributed by atoms with Crippen LogP contribution in [0.5, 0.6) is 11.5 Å². The van der Waals surface area contributed by atoms with Gasteiger partial charge in [-0.15, -0.1) is 0 Å². The second kappa shape index (κ2) is 12.2. The summed E-state index contributed by atoms with van der Waals surface area (Å²) in [6.45, 7) is 13.5. The largest absolute Gasteiger partial charge is 0.461 e. The third-order valence-corrected chi connectivity index (χ3v) is 5.11. The van der Waals surface area contributed by atoms with E-state index in [1.54, 1.807) is 24.3 Å². The van der Waals surface area contributed by atoms with Gasteiger partial charge in [-0.25, -0.2) is 9.59 Å². The summed E-state index contributed by atoms with van der Waals surface area (Å²) in [7, 11) is 0. The molecule has 2 atom stereocenters. The molecule has 188 valence electrons. The first-order valence-corrected chi connectivity index (χ1v) is 11.0. The van der Waals surface area contributed by atoms with Gasteiger partial charge in [0.05, 0.1) is 0 Å². The van der Waals surface area contributed by atoms with Crippen LogP contribution < -0.4 is 9.47 Å². The molecule has 0 saturated carbocycles. The predicted molar refractivity (Wildman–Crippen MR) is 130 cm³/mol. The lowest BCUT2D eigenvalue weighted by Gasteiger charge is -2.27. The molecule has 35 heavy (non-hydrogen) atoms. The lowest BCUT2D eigenvalue weighted by atomic mass is 9.78. The van der Waals surface area contributed by atoms with Crippen LogP contribution in [0.4, 0.5) is 0 Å². The summed E-state index contributed by atoms with van der Waals surface area (Å²) in [4.78, 5) is 22.8. The maximum Gasteiger partial charge on any atom is 0.333 e. The van der Waals surface area contributed by atoms with Crippen molar-refractivity contribution in [3.05, 3.63) is 84.0 Å². The standard InChI is InChI=1S/C27H32O8/c1-17(2)25(30)32-15-23(28)34-21-11-7-19(8-12-21)27(5,6)20-9-13-22(14-10-20)35-24(29)16-33-26(31)18(3)4/h7-14,23-24,28-29H,1,3,15-16H2,2,4-6H3. The van der Waals surface area contributed by atoms with Crippen LogP contribution in [0.2, 0.25) is 0 Å². The van der Waals surface area contributed by atoms with Crippen molar-refractivity contribution in [2.75, 3.05) is 13.2 Å². The summed E-state index contributed by atoms with van der Waals surface area (Å²) in [6.07, 6.45) is -2.60. The summed E-state index contributed by atoms with van der Waals surface area (Å²) < 4.78 is 20.5. The molecule has 0 aliphatic heterocycles. The van der Waals surface area contributed by atoms with Crippen molar-refractivity contribution in [3.8, 4) is 11.5 Å². The van der Waals surface area contributed by atoms with Gasteiger partial charge in [-0.05, 0) is 49.2 Å². The van der Waals surface area contributed by atoms with Gasteiger partial charge >= 0.3 is 11.9 Å². The fourth-order valence-corrected chi connectivity index (χ4v) is 2.99. The van der Waals surface area contributed by atoms with Crippen LogP contribution in [-0.2, 0) is 24.5 Å². The molecule has 2 N–H and O–H groups in total. The normalized spacial score (nSPS) is 12.7. The number of aliphatic hydroxyl groups is 2. The Kier molecular flexibility index (Phi) is 9.62. The number of rotatable bonds is 12. The number of carbonyl (C=O) groups is 2. The zero-order chi connectivity index (χ0) is 26.2. The molecule has 0 spiro atoms. The van der Waals surface area contributed by atoms with Crippen LogP contribution in [0, 0.1) is 0 Å². The number of hydrogen-bond donors (Lipinski definition) is 2. The van der Waals surface area contributed by atoms with Crippen molar-refractivity contribution in [1.29, 1.82) is 0 Å². The Morgan fingerprint density at radius 3 is 1.34 bits per heavy atom. The van der Waals surface area contributed by atoms with Gasteiger partial charge < -0.3 is 29.2 Å². The van der Waals surface area contributed by atoms with E-state index in [1.807, 2.05) is 24.3 Å². The zero-order valence-electron chi connectivity index (χ0n) is 20.4. The third kappa shape index (κ3) is 8.27. The molecular weight excluding hydrogens is 452 g/mol. The maximum absolute atomic E-state index is 11.4. The summed E-state index contributed by atoms with van der Waals surface area (Å²) in [6, 6.07) is 14.4. The van der Waals surface area contributed by atoms with Crippen molar-refractivity contribution in [1.82, 2.24) is 0 Å². The fraction of sp³-hybridized carbons (Fsp3) is 0.333. The monoisotopic (exact) mass is 484 g/mol. The van der Waals surface area contributed by atoms with Crippen LogP contribution in [-0.4, -0.2) is 47.9 Å². The van der Waals surface area contributed by atoms with Crippen LogP contribution in [0.25, 0.3) is 0 Å². The molecule has 0 aliphatic rings. The molecule has 0 saturated heterocycles. The average Bonchev–Trinajstić information content (AvgIpc) is 2.81. The first-order chi connectivity index (χ1) is 16.4. The van der Waals surface area contributed by atoms with Crippen molar-refractivity contribution >= 4 is 11.9 Å². The first kappa shape index (κ1) is 27.6. The molecule has 0 bridgehead atoms. The molecule has 0 amide bonds. The van der Waals surface area contributed by atoms with E-state index < -0.39 is 24.5 Å². The van der Waals surface area contributed by atoms with Gasteiger partial charge in [0.25, 0.3) is 0 Å². The van der Waals surface area contributed by atoms with Gasteiger partial charge in [0.1, 0.15) is 11.5 Å². The van der Waals surface area contributed by atoms with E-state index >= 15 is 0 Å². The highest BCUT2D eigenvalue weighted by atomic mass is 16.6. The molecule has 2 aromatic rings. The van der Waals surface area contributed by atoms with E-state index in [0.717, 1.165) is 11.1 Å². The van der Waals surface area contributed by atoms with Gasteiger partial charge in [0.2, 0.25) is 12.6 Å². The van der Waals surface area contributed by atoms with E-state index in [1.165, 1.54) is 13.8 Å². The predicted octanol–water partition coefficient (Wildman–Crippen LogP) is 3.65. The molecule has 0 heterocycles. The fourth-order valence-electron chi connectivity index (χ4n) is 2.99. The Balaban J connectivity index is 1.96. The average molecular weight is 485 g/mol. The molecule has 0 aliphatic carbocycles. The number of carbonyl (C=O) groups excluding carboxylic acids is 2. The van der Waals surface area contributed by atoms with Gasteiger partial charge in [-0.1, -0.05) is 51.3 Å². The summed E-state index contributed by atoms with van der Waals surface area (Å²) >= 11 is 0. The van der Waals surface area contributed by atoms with Crippen LogP contribution in [0.15, 0.2) is 72.8 Å². The summed E-state index contributed by atoms with van der Waals surface area (Å²) in [5.41, 5.74) is 2.09. The second-order valence-corrected chi connectivity index (χ2v) is 8.58. The zero-order valence-corrected chi connectivity index (χ0v) is 20.4. The Morgan fingerprint density at radius 2 is 1.06 bits per heavy atom. The Morgan fingerprint density at radius 1 is 0.743 bits per heavy atom. The Labute approximate surface area is 205 Å². The molecule has 2 unspecified atom stereocenters. The summed E-state index contributed by atoms with van der Waals surface area (Å²) in [5, 5.41) is 19.9. The minimum Gasteiger partial charge on any atom is -0.461 e. The van der Waals surface area contributed by atoms with Crippen LogP contribution in [0.1, 0.15) is 38.8 Å². The molecule has 0 fully saturated rings. The quantitative estimate of drug-likeness (QED) is 0.267. The molecule has 0 radical (unpaired) electrons. The van der Waals surface area contributed by atoms with Crippen molar-refractivity contribution in [2.24, 2.45) is 0 Å². The van der Waals surface area contributed by atoms with Gasteiger partial charge in [0.15, 0.2) is 13.2 Å². The minimum absolute atomic E-state index is 0.239. The van der Waals surface area contributed by atoms with E-state index in [0.29, 0.717) is 11.5 Å². The van der Waals surface area contributed by atoms with E-state index in [4.69, 9.17) is 18.9 Å². The van der Waals surface area contributed by atoms with E-state index in [2.05, 4.69) is 27.0 Å². The molecule has 0 aromatic heterocycles. The van der Waals surface area contributed by atoms with Crippen molar-refractivity contribution in [2.45, 2.75) is 45.7 Å². The number of benzene rings is 2. The lowest BCUT2D eigenvalue weighted by Crippen LogP contribution is -2.25. The number of hydrogen-bond acceptors (Lipinski definition) is 8. The minimum atomic E-state index is -1.30. The molecular formula is C27H32O8. The Bertz CT molecular complexity index is 954. The number of ether oxygens (including phenoxy) is 4.